The molecule has 1 saturated heterocycles. The molecule has 4 nitrogen and oxygen atoms in total. The van der Waals surface area contributed by atoms with E-state index in [1.165, 1.54) is 16.3 Å². The van der Waals surface area contributed by atoms with Crippen molar-refractivity contribution in [1.29, 1.82) is 0 Å². The van der Waals surface area contributed by atoms with E-state index in [1.807, 2.05) is 11.1 Å². The molecule has 1 atom stereocenters. The van der Waals surface area contributed by atoms with Crippen LogP contribution in [0.3, 0.4) is 0 Å². The Morgan fingerprint density at radius 1 is 1.19 bits per heavy atom. The van der Waals surface area contributed by atoms with E-state index in [1.54, 1.807) is 0 Å². The minimum absolute atomic E-state index is 0.281. The molecule has 26 heavy (non-hydrogen) atoms. The Hall–Kier alpha value is -2.62. The number of rotatable bonds is 4. The Labute approximate surface area is 154 Å². The standard InChI is InChI=1S/C22H25N3O/c1-2-7-21(26)25-13-6-10-17(15-25)22-20(14-23-24-22)19-12-5-9-16-8-3-4-11-18(16)19/h3-5,8-9,11-12,14,17H,2,6-7,10,13,15H2,1H3,(H,23,24). The van der Waals surface area contributed by atoms with Gasteiger partial charge in [0.2, 0.25) is 5.91 Å². The fraction of sp³-hybridized carbons (Fsp3) is 0.364. The summed E-state index contributed by atoms with van der Waals surface area (Å²) >= 11 is 0. The number of benzene rings is 2. The van der Waals surface area contributed by atoms with E-state index in [9.17, 15) is 4.79 Å². The average Bonchev–Trinajstić information content (AvgIpc) is 3.17. The van der Waals surface area contributed by atoms with Crippen molar-refractivity contribution in [3.63, 3.8) is 0 Å². The summed E-state index contributed by atoms with van der Waals surface area (Å²) in [5.41, 5.74) is 3.54. The summed E-state index contributed by atoms with van der Waals surface area (Å²) in [7, 11) is 0. The lowest BCUT2D eigenvalue weighted by Gasteiger charge is -2.33. The number of piperidine rings is 1. The third-order valence-electron chi connectivity index (χ3n) is 5.39. The highest BCUT2D eigenvalue weighted by Gasteiger charge is 2.27. The molecule has 1 N–H and O–H groups in total. The smallest absolute Gasteiger partial charge is 0.222 e. The summed E-state index contributed by atoms with van der Waals surface area (Å²) in [6.45, 7) is 3.73. The molecule has 1 aliphatic rings. The first-order chi connectivity index (χ1) is 12.8. The van der Waals surface area contributed by atoms with Gasteiger partial charge in [0.15, 0.2) is 0 Å². The van der Waals surface area contributed by atoms with Crippen molar-refractivity contribution in [1.82, 2.24) is 15.1 Å². The molecular formula is C22H25N3O. The summed E-state index contributed by atoms with van der Waals surface area (Å²) in [5.74, 6) is 0.601. The van der Waals surface area contributed by atoms with Crippen LogP contribution in [0, 0.1) is 0 Å². The maximum atomic E-state index is 12.3. The van der Waals surface area contributed by atoms with Crippen LogP contribution < -0.4 is 0 Å². The van der Waals surface area contributed by atoms with Crippen molar-refractivity contribution in [2.45, 2.75) is 38.5 Å². The number of carbonyl (C=O) groups is 1. The summed E-state index contributed by atoms with van der Waals surface area (Å²) in [4.78, 5) is 14.4. The SMILES string of the molecule is CCCC(=O)N1CCCC(c2[nH]ncc2-c2cccc3ccccc23)C1. The normalized spacial score (nSPS) is 17.6. The van der Waals surface area contributed by atoms with E-state index in [0.717, 1.165) is 43.6 Å². The van der Waals surface area contributed by atoms with Gasteiger partial charge >= 0.3 is 0 Å². The van der Waals surface area contributed by atoms with Crippen molar-refractivity contribution in [3.05, 3.63) is 54.4 Å². The highest BCUT2D eigenvalue weighted by Crippen LogP contribution is 2.36. The van der Waals surface area contributed by atoms with Crippen LogP contribution in [0.25, 0.3) is 21.9 Å². The van der Waals surface area contributed by atoms with Gasteiger partial charge in [0.25, 0.3) is 0 Å². The molecule has 134 valence electrons. The zero-order chi connectivity index (χ0) is 17.9. The number of hydrogen-bond donors (Lipinski definition) is 1. The Bertz CT molecular complexity index is 909. The van der Waals surface area contributed by atoms with Gasteiger partial charge in [-0.05, 0) is 35.6 Å². The Balaban J connectivity index is 1.68. The first-order valence-corrected chi connectivity index (χ1v) is 9.57. The predicted molar refractivity (Wildman–Crippen MR) is 105 cm³/mol. The second-order valence-corrected chi connectivity index (χ2v) is 7.15. The summed E-state index contributed by atoms with van der Waals surface area (Å²) in [6.07, 6.45) is 5.63. The molecule has 2 aromatic carbocycles. The Morgan fingerprint density at radius 3 is 2.92 bits per heavy atom. The van der Waals surface area contributed by atoms with Gasteiger partial charge in [0.05, 0.1) is 6.20 Å². The van der Waals surface area contributed by atoms with Gasteiger partial charge in [0.1, 0.15) is 0 Å². The number of nitrogens with zero attached hydrogens (tertiary/aromatic N) is 2. The summed E-state index contributed by atoms with van der Waals surface area (Å²) in [5, 5.41) is 10.1. The van der Waals surface area contributed by atoms with Crippen LogP contribution in [0.5, 0.6) is 0 Å². The van der Waals surface area contributed by atoms with Crippen molar-refractivity contribution < 1.29 is 4.79 Å². The van der Waals surface area contributed by atoms with Crippen molar-refractivity contribution in [2.75, 3.05) is 13.1 Å². The number of amides is 1. The molecule has 2 heterocycles. The fourth-order valence-electron chi connectivity index (χ4n) is 4.09. The molecule has 1 aliphatic heterocycles. The monoisotopic (exact) mass is 347 g/mol. The lowest BCUT2D eigenvalue weighted by atomic mass is 9.89. The molecule has 0 saturated carbocycles. The summed E-state index contributed by atoms with van der Waals surface area (Å²) < 4.78 is 0. The van der Waals surface area contributed by atoms with Crippen LogP contribution in [0.1, 0.15) is 44.2 Å². The molecule has 1 amide bonds. The number of nitrogens with one attached hydrogen (secondary N) is 1. The predicted octanol–water partition coefficient (Wildman–Crippen LogP) is 4.74. The zero-order valence-electron chi connectivity index (χ0n) is 15.2. The van der Waals surface area contributed by atoms with Crippen LogP contribution in [0.2, 0.25) is 0 Å². The molecule has 0 bridgehead atoms. The molecule has 1 unspecified atom stereocenters. The molecular weight excluding hydrogens is 322 g/mol. The van der Waals surface area contributed by atoms with E-state index in [-0.39, 0.29) is 5.91 Å². The lowest BCUT2D eigenvalue weighted by Crippen LogP contribution is -2.39. The first-order valence-electron chi connectivity index (χ1n) is 9.57. The van der Waals surface area contributed by atoms with E-state index in [0.29, 0.717) is 12.3 Å². The van der Waals surface area contributed by atoms with Gasteiger partial charge in [-0.15, -0.1) is 0 Å². The van der Waals surface area contributed by atoms with Gasteiger partial charge in [0, 0.05) is 36.7 Å². The second-order valence-electron chi connectivity index (χ2n) is 7.15. The van der Waals surface area contributed by atoms with Crippen molar-refractivity contribution >= 4 is 16.7 Å². The molecule has 4 rings (SSSR count). The minimum Gasteiger partial charge on any atom is -0.342 e. The molecule has 1 aromatic heterocycles. The molecule has 0 spiro atoms. The van der Waals surface area contributed by atoms with Crippen LogP contribution in [-0.2, 0) is 4.79 Å². The highest BCUT2D eigenvalue weighted by atomic mass is 16.2. The van der Waals surface area contributed by atoms with E-state index < -0.39 is 0 Å². The number of fused-ring (bicyclic) bond motifs is 1. The average molecular weight is 347 g/mol. The number of H-pyrrole nitrogens is 1. The minimum atomic E-state index is 0.281. The Kier molecular flexibility index (Phi) is 4.74. The Morgan fingerprint density at radius 2 is 2.04 bits per heavy atom. The van der Waals surface area contributed by atoms with Crippen LogP contribution >= 0.6 is 0 Å². The second kappa shape index (κ2) is 7.32. The maximum absolute atomic E-state index is 12.3. The van der Waals surface area contributed by atoms with Gasteiger partial charge in [-0.1, -0.05) is 49.4 Å². The number of hydrogen-bond acceptors (Lipinski definition) is 2. The molecule has 4 heteroatoms. The first kappa shape index (κ1) is 16.8. The topological polar surface area (TPSA) is 49.0 Å². The largest absolute Gasteiger partial charge is 0.342 e. The van der Waals surface area contributed by atoms with E-state index in [2.05, 4.69) is 59.6 Å². The maximum Gasteiger partial charge on any atom is 0.222 e. The van der Waals surface area contributed by atoms with Crippen LogP contribution in [0.4, 0.5) is 0 Å². The number of aromatic amines is 1. The van der Waals surface area contributed by atoms with E-state index >= 15 is 0 Å². The van der Waals surface area contributed by atoms with Crippen molar-refractivity contribution in [3.8, 4) is 11.1 Å². The van der Waals surface area contributed by atoms with Crippen LogP contribution in [0.15, 0.2) is 48.7 Å². The molecule has 0 radical (unpaired) electrons. The third-order valence-corrected chi connectivity index (χ3v) is 5.39. The molecule has 1 fully saturated rings. The zero-order valence-corrected chi connectivity index (χ0v) is 15.2. The molecule has 0 aliphatic carbocycles. The molecule has 3 aromatic rings. The van der Waals surface area contributed by atoms with Crippen molar-refractivity contribution in [2.24, 2.45) is 0 Å². The van der Waals surface area contributed by atoms with Crippen LogP contribution in [-0.4, -0.2) is 34.1 Å². The quantitative estimate of drug-likeness (QED) is 0.741. The number of likely N-dealkylation sites (tertiary alicyclic amines) is 1. The third kappa shape index (κ3) is 3.12. The van der Waals surface area contributed by atoms with Gasteiger partial charge < -0.3 is 4.90 Å². The van der Waals surface area contributed by atoms with Gasteiger partial charge in [-0.2, -0.15) is 5.10 Å². The summed E-state index contributed by atoms with van der Waals surface area (Å²) in [6, 6.07) is 14.9. The fourth-order valence-corrected chi connectivity index (χ4v) is 4.09. The number of aromatic nitrogens is 2. The lowest BCUT2D eigenvalue weighted by molar-refractivity contribution is -0.132. The highest BCUT2D eigenvalue weighted by molar-refractivity contribution is 5.97. The van der Waals surface area contributed by atoms with E-state index in [4.69, 9.17) is 0 Å². The van der Waals surface area contributed by atoms with Gasteiger partial charge in [-0.25, -0.2) is 0 Å². The van der Waals surface area contributed by atoms with Gasteiger partial charge in [-0.3, -0.25) is 9.89 Å². The number of carbonyl (C=O) groups excluding carboxylic acids is 1.